The van der Waals surface area contributed by atoms with Crippen LogP contribution in [0.5, 0.6) is 0 Å². The molecule has 0 spiro atoms. The van der Waals surface area contributed by atoms with Crippen LogP contribution in [-0.2, 0) is 6.18 Å². The maximum atomic E-state index is 13.3. The minimum atomic E-state index is -4.66. The van der Waals surface area contributed by atoms with Crippen molar-refractivity contribution < 1.29 is 22.8 Å². The summed E-state index contributed by atoms with van der Waals surface area (Å²) in [4.78, 5) is 30.5. The number of hydrazine groups is 1. The quantitative estimate of drug-likeness (QED) is 0.772. The van der Waals surface area contributed by atoms with Gasteiger partial charge in [0.15, 0.2) is 11.3 Å². The lowest BCUT2D eigenvalue weighted by atomic mass is 10.1. The van der Waals surface area contributed by atoms with Crippen LogP contribution in [0.1, 0.15) is 42.4 Å². The number of hydrogen-bond donors (Lipinski definition) is 1. The van der Waals surface area contributed by atoms with E-state index in [1.54, 1.807) is 4.90 Å². The molecule has 152 valence electrons. The van der Waals surface area contributed by atoms with Crippen LogP contribution >= 0.6 is 11.6 Å². The third-order valence-electron chi connectivity index (χ3n) is 4.38. The van der Waals surface area contributed by atoms with E-state index in [9.17, 15) is 22.8 Å². The summed E-state index contributed by atoms with van der Waals surface area (Å²) >= 11 is 6.17. The van der Waals surface area contributed by atoms with Crippen LogP contribution < -0.4 is 5.43 Å². The van der Waals surface area contributed by atoms with Gasteiger partial charge in [0.25, 0.3) is 5.91 Å². The summed E-state index contributed by atoms with van der Waals surface area (Å²) in [6.07, 6.45) is -3.29. The lowest BCUT2D eigenvalue weighted by molar-refractivity contribution is -0.136. The zero-order chi connectivity index (χ0) is 21.0. The molecule has 0 radical (unpaired) electrons. The Morgan fingerprint density at radius 3 is 2.43 bits per heavy atom. The summed E-state index contributed by atoms with van der Waals surface area (Å²) in [7, 11) is 0. The van der Waals surface area contributed by atoms with Crippen molar-refractivity contribution in [1.82, 2.24) is 24.7 Å². The smallest absolute Gasteiger partial charge is 0.317 e. The van der Waals surface area contributed by atoms with Crippen molar-refractivity contribution >= 4 is 29.2 Å². The van der Waals surface area contributed by atoms with E-state index in [4.69, 9.17) is 11.6 Å². The predicted molar refractivity (Wildman–Crippen MR) is 96.0 cm³/mol. The molecule has 2 aromatic heterocycles. The molecule has 2 aromatic rings. The highest BCUT2D eigenvalue weighted by Crippen LogP contribution is 2.34. The molecule has 1 aliphatic rings. The van der Waals surface area contributed by atoms with Gasteiger partial charge in [-0.1, -0.05) is 11.6 Å². The summed E-state index contributed by atoms with van der Waals surface area (Å²) in [5, 5.41) is 0.764. The Balaban J connectivity index is 1.98. The van der Waals surface area contributed by atoms with Crippen molar-refractivity contribution in [3.05, 3.63) is 34.2 Å². The normalized spacial score (nSPS) is 15.9. The third-order valence-corrected chi connectivity index (χ3v) is 4.75. The van der Waals surface area contributed by atoms with Gasteiger partial charge in [-0.25, -0.2) is 20.2 Å². The molecule has 0 atom stereocenters. The highest BCUT2D eigenvalue weighted by Gasteiger charge is 2.38. The molecule has 1 fully saturated rings. The number of amides is 3. The largest absolute Gasteiger partial charge is 0.419 e. The van der Waals surface area contributed by atoms with E-state index in [1.165, 1.54) is 13.1 Å². The van der Waals surface area contributed by atoms with Gasteiger partial charge in [0.1, 0.15) is 5.15 Å². The Kier molecular flexibility index (Phi) is 4.73. The van der Waals surface area contributed by atoms with Crippen molar-refractivity contribution in [3.63, 3.8) is 0 Å². The Bertz CT molecular complexity index is 964. The molecule has 28 heavy (non-hydrogen) atoms. The van der Waals surface area contributed by atoms with E-state index in [0.29, 0.717) is 5.56 Å². The number of hydrogen-bond acceptors (Lipinski definition) is 3. The second kappa shape index (κ2) is 6.54. The van der Waals surface area contributed by atoms with Gasteiger partial charge < -0.3 is 4.90 Å². The summed E-state index contributed by atoms with van der Waals surface area (Å²) in [5.74, 6) is -0.776. The van der Waals surface area contributed by atoms with Gasteiger partial charge in [0, 0.05) is 18.3 Å². The van der Waals surface area contributed by atoms with Crippen molar-refractivity contribution in [1.29, 1.82) is 0 Å². The molecule has 7 nitrogen and oxygen atoms in total. The van der Waals surface area contributed by atoms with Crippen LogP contribution in [0.25, 0.3) is 5.65 Å². The molecule has 11 heteroatoms. The summed E-state index contributed by atoms with van der Waals surface area (Å²) < 4.78 is 41.1. The van der Waals surface area contributed by atoms with Crippen LogP contribution in [0, 0.1) is 6.92 Å². The van der Waals surface area contributed by atoms with Gasteiger partial charge in [-0.2, -0.15) is 13.2 Å². The second-order valence-corrected chi connectivity index (χ2v) is 7.93. The van der Waals surface area contributed by atoms with Gasteiger partial charge in [0.05, 0.1) is 12.1 Å². The molecule has 1 saturated heterocycles. The van der Waals surface area contributed by atoms with E-state index in [1.807, 2.05) is 20.8 Å². The maximum absolute atomic E-state index is 13.3. The van der Waals surface area contributed by atoms with Gasteiger partial charge in [0.2, 0.25) is 0 Å². The van der Waals surface area contributed by atoms with Crippen LogP contribution in [0.3, 0.4) is 0 Å². The number of imidazole rings is 1. The number of aromatic nitrogens is 2. The molecule has 1 aliphatic heterocycles. The lowest BCUT2D eigenvalue weighted by Crippen LogP contribution is -2.63. The summed E-state index contributed by atoms with van der Waals surface area (Å²) in [5.41, 5.74) is 0.488. The Morgan fingerprint density at radius 1 is 1.25 bits per heavy atom. The van der Waals surface area contributed by atoms with Crippen LogP contribution in [-0.4, -0.2) is 49.9 Å². The Labute approximate surface area is 164 Å². The van der Waals surface area contributed by atoms with E-state index < -0.39 is 34.9 Å². The predicted octanol–water partition coefficient (Wildman–Crippen LogP) is 3.50. The molecule has 0 aromatic carbocycles. The van der Waals surface area contributed by atoms with Crippen molar-refractivity contribution in [2.45, 2.75) is 39.4 Å². The van der Waals surface area contributed by atoms with Crippen molar-refractivity contribution in [2.75, 3.05) is 13.1 Å². The fourth-order valence-corrected chi connectivity index (χ4v) is 3.30. The first-order valence-electron chi connectivity index (χ1n) is 8.46. The van der Waals surface area contributed by atoms with Crippen molar-refractivity contribution in [3.8, 4) is 0 Å². The molecule has 0 aliphatic carbocycles. The second-order valence-electron chi connectivity index (χ2n) is 7.57. The summed E-state index contributed by atoms with van der Waals surface area (Å²) in [6.45, 7) is 7.44. The SMILES string of the molecule is Cc1cc(C(F)(F)F)c2nc(C(=O)N3CCN(C(C)(C)C)C(=O)N3)c(Cl)n2c1. The topological polar surface area (TPSA) is 70.0 Å². The minimum Gasteiger partial charge on any atom is -0.317 e. The molecular formula is C17H19ClF3N5O2. The average molecular weight is 418 g/mol. The van der Waals surface area contributed by atoms with Crippen LogP contribution in [0.2, 0.25) is 5.15 Å². The van der Waals surface area contributed by atoms with Crippen molar-refractivity contribution in [2.24, 2.45) is 0 Å². The number of carbonyl (C=O) groups excluding carboxylic acids is 2. The molecule has 0 unspecified atom stereocenters. The fourth-order valence-electron chi connectivity index (χ4n) is 3.05. The first-order valence-corrected chi connectivity index (χ1v) is 8.84. The van der Waals surface area contributed by atoms with Crippen LogP contribution in [0.15, 0.2) is 12.3 Å². The number of nitrogens with one attached hydrogen (secondary N) is 1. The minimum absolute atomic E-state index is 0.136. The molecule has 0 bridgehead atoms. The number of aryl methyl sites for hydroxylation is 1. The van der Waals surface area contributed by atoms with Gasteiger partial charge in [-0.3, -0.25) is 9.20 Å². The number of halogens is 4. The van der Waals surface area contributed by atoms with E-state index in [0.717, 1.165) is 15.5 Å². The average Bonchev–Trinajstić information content (AvgIpc) is 2.88. The zero-order valence-corrected chi connectivity index (χ0v) is 16.4. The number of urea groups is 1. The fraction of sp³-hybridized carbons (Fsp3) is 0.471. The monoisotopic (exact) mass is 417 g/mol. The standard InChI is InChI=1S/C17H19ClF3N5O2/c1-9-7-10(17(19,20)21)13-22-11(12(18)24(13)8-9)14(27)26-6-5-25(15(28)23-26)16(2,3)4/h7-8H,5-6H2,1-4H3,(H,23,28). The first kappa shape index (κ1) is 20.2. The number of fused-ring (bicyclic) bond motifs is 1. The zero-order valence-electron chi connectivity index (χ0n) is 15.7. The van der Waals surface area contributed by atoms with E-state index in [2.05, 4.69) is 10.4 Å². The molecule has 3 amide bonds. The third kappa shape index (κ3) is 3.48. The number of nitrogens with zero attached hydrogens (tertiary/aromatic N) is 4. The van der Waals surface area contributed by atoms with E-state index in [-0.39, 0.29) is 23.9 Å². The van der Waals surface area contributed by atoms with Gasteiger partial charge in [-0.15, -0.1) is 0 Å². The first-order chi connectivity index (χ1) is 12.8. The van der Waals surface area contributed by atoms with E-state index >= 15 is 0 Å². The number of pyridine rings is 1. The Morgan fingerprint density at radius 2 is 1.89 bits per heavy atom. The number of rotatable bonds is 1. The van der Waals surface area contributed by atoms with Crippen LogP contribution in [0.4, 0.5) is 18.0 Å². The number of alkyl halides is 3. The molecule has 3 heterocycles. The molecular weight excluding hydrogens is 399 g/mol. The highest BCUT2D eigenvalue weighted by molar-refractivity contribution is 6.33. The maximum Gasteiger partial charge on any atom is 0.419 e. The van der Waals surface area contributed by atoms with Gasteiger partial charge >= 0.3 is 12.2 Å². The molecule has 0 saturated carbocycles. The molecule has 3 rings (SSSR count). The Hall–Kier alpha value is -2.49. The molecule has 1 N–H and O–H groups in total. The summed E-state index contributed by atoms with van der Waals surface area (Å²) in [6, 6.07) is 0.454. The number of carbonyl (C=O) groups is 2. The lowest BCUT2D eigenvalue weighted by Gasteiger charge is -2.42. The van der Waals surface area contributed by atoms with Gasteiger partial charge in [-0.05, 0) is 39.3 Å². The highest BCUT2D eigenvalue weighted by atomic mass is 35.5.